The number of aryl methyl sites for hydroxylation is 1. The van der Waals surface area contributed by atoms with Crippen LogP contribution in [0.5, 0.6) is 0 Å². The Morgan fingerprint density at radius 2 is 2.28 bits per heavy atom. The molecule has 0 bridgehead atoms. The highest BCUT2D eigenvalue weighted by Gasteiger charge is 2.37. The Morgan fingerprint density at radius 3 is 2.94 bits per heavy atom. The van der Waals surface area contributed by atoms with Crippen LogP contribution in [0.3, 0.4) is 0 Å². The van der Waals surface area contributed by atoms with Gasteiger partial charge in [0.15, 0.2) is 0 Å². The van der Waals surface area contributed by atoms with Crippen molar-refractivity contribution in [1.82, 2.24) is 9.55 Å². The van der Waals surface area contributed by atoms with Crippen LogP contribution >= 0.6 is 0 Å². The van der Waals surface area contributed by atoms with Gasteiger partial charge in [-0.2, -0.15) is 0 Å². The minimum atomic E-state index is -0.875. The molecule has 100 valence electrons. The second kappa shape index (κ2) is 5.05. The fourth-order valence-corrected chi connectivity index (χ4v) is 2.13. The predicted octanol–water partition coefficient (Wildman–Crippen LogP) is -1.47. The first-order valence-corrected chi connectivity index (χ1v) is 5.77. The van der Waals surface area contributed by atoms with Crippen molar-refractivity contribution in [3.8, 4) is 0 Å². The standard InChI is InChI=1S/C11H16N2O5/c1-6-4-13(11(17)12-10(6)16)7-5-18-8(2-3-14)9(7)15/h4,7-9,14-15H,2-3,5H2,1H3,(H,12,16,17)/t7-,8-,9+/m0/s1. The lowest BCUT2D eigenvalue weighted by Gasteiger charge is -2.18. The molecule has 2 heterocycles. The summed E-state index contributed by atoms with van der Waals surface area (Å²) in [5.74, 6) is 0. The van der Waals surface area contributed by atoms with Gasteiger partial charge in [0, 0.05) is 18.4 Å². The molecule has 0 radical (unpaired) electrons. The number of nitrogens with zero attached hydrogens (tertiary/aromatic N) is 1. The number of hydrogen-bond acceptors (Lipinski definition) is 5. The van der Waals surface area contributed by atoms with Crippen LogP contribution in [0.15, 0.2) is 15.8 Å². The van der Waals surface area contributed by atoms with Gasteiger partial charge >= 0.3 is 5.69 Å². The maximum Gasteiger partial charge on any atom is 0.328 e. The lowest BCUT2D eigenvalue weighted by atomic mass is 10.1. The number of aromatic amines is 1. The molecule has 1 aliphatic heterocycles. The third-order valence-electron chi connectivity index (χ3n) is 3.17. The van der Waals surface area contributed by atoms with Crippen LogP contribution in [0.25, 0.3) is 0 Å². The van der Waals surface area contributed by atoms with Crippen molar-refractivity contribution in [3.63, 3.8) is 0 Å². The largest absolute Gasteiger partial charge is 0.396 e. The maximum atomic E-state index is 11.7. The fourth-order valence-electron chi connectivity index (χ4n) is 2.13. The van der Waals surface area contributed by atoms with E-state index >= 15 is 0 Å². The van der Waals surface area contributed by atoms with E-state index in [1.54, 1.807) is 6.92 Å². The van der Waals surface area contributed by atoms with Crippen molar-refractivity contribution >= 4 is 0 Å². The molecular formula is C11H16N2O5. The van der Waals surface area contributed by atoms with Gasteiger partial charge in [0.2, 0.25) is 0 Å². The Bertz CT molecular complexity index is 535. The van der Waals surface area contributed by atoms with Crippen molar-refractivity contribution < 1.29 is 14.9 Å². The topological polar surface area (TPSA) is 105 Å². The number of H-pyrrole nitrogens is 1. The SMILES string of the molecule is Cc1cn([C@H]2CO[C@@H](CCO)[C@@H]2O)c(=O)[nH]c1=O. The second-order valence-corrected chi connectivity index (χ2v) is 4.42. The monoisotopic (exact) mass is 256 g/mol. The van der Waals surface area contributed by atoms with Crippen molar-refractivity contribution in [2.45, 2.75) is 31.6 Å². The van der Waals surface area contributed by atoms with Gasteiger partial charge in [-0.05, 0) is 13.3 Å². The summed E-state index contributed by atoms with van der Waals surface area (Å²) in [5, 5.41) is 18.9. The summed E-state index contributed by atoms with van der Waals surface area (Å²) >= 11 is 0. The Balaban J connectivity index is 2.31. The molecule has 0 unspecified atom stereocenters. The van der Waals surface area contributed by atoms with Gasteiger partial charge in [-0.3, -0.25) is 14.3 Å². The van der Waals surface area contributed by atoms with Crippen molar-refractivity contribution in [1.29, 1.82) is 0 Å². The molecule has 3 atom stereocenters. The van der Waals surface area contributed by atoms with Crippen LogP contribution < -0.4 is 11.2 Å². The normalized spacial score (nSPS) is 27.6. The summed E-state index contributed by atoms with van der Waals surface area (Å²) in [6.45, 7) is 1.67. The highest BCUT2D eigenvalue weighted by atomic mass is 16.5. The van der Waals surface area contributed by atoms with E-state index in [1.165, 1.54) is 10.8 Å². The van der Waals surface area contributed by atoms with Gasteiger partial charge in [-0.15, -0.1) is 0 Å². The lowest BCUT2D eigenvalue weighted by molar-refractivity contribution is 0.0231. The molecule has 0 aromatic carbocycles. The van der Waals surface area contributed by atoms with E-state index in [4.69, 9.17) is 9.84 Å². The Morgan fingerprint density at radius 1 is 1.56 bits per heavy atom. The number of rotatable bonds is 3. The number of aliphatic hydroxyl groups excluding tert-OH is 2. The van der Waals surface area contributed by atoms with Crippen molar-refractivity contribution in [2.24, 2.45) is 0 Å². The first-order chi connectivity index (χ1) is 8.54. The van der Waals surface area contributed by atoms with Gasteiger partial charge in [0.1, 0.15) is 6.10 Å². The van der Waals surface area contributed by atoms with Crippen LogP contribution in [0.2, 0.25) is 0 Å². The van der Waals surface area contributed by atoms with Gasteiger partial charge in [-0.1, -0.05) is 0 Å². The van der Waals surface area contributed by atoms with Gasteiger partial charge in [0.05, 0.1) is 18.8 Å². The Labute approximate surface area is 103 Å². The number of aromatic nitrogens is 2. The first kappa shape index (κ1) is 13.0. The Kier molecular flexibility index (Phi) is 3.65. The molecule has 0 spiro atoms. The summed E-state index contributed by atoms with van der Waals surface area (Å²) in [7, 11) is 0. The summed E-state index contributed by atoms with van der Waals surface area (Å²) in [4.78, 5) is 25.1. The zero-order chi connectivity index (χ0) is 13.3. The number of aliphatic hydroxyl groups is 2. The molecule has 0 amide bonds. The molecule has 7 nitrogen and oxygen atoms in total. The van der Waals surface area contributed by atoms with Crippen LogP contribution in [0, 0.1) is 6.92 Å². The quantitative estimate of drug-likeness (QED) is 0.612. The van der Waals surface area contributed by atoms with Crippen LogP contribution in [0.1, 0.15) is 18.0 Å². The van der Waals surface area contributed by atoms with E-state index in [-0.39, 0.29) is 13.2 Å². The predicted molar refractivity (Wildman–Crippen MR) is 62.5 cm³/mol. The molecule has 2 rings (SSSR count). The second-order valence-electron chi connectivity index (χ2n) is 4.42. The minimum absolute atomic E-state index is 0.0893. The van der Waals surface area contributed by atoms with Crippen LogP contribution in [0.4, 0.5) is 0 Å². The summed E-state index contributed by atoms with van der Waals surface area (Å²) in [6.07, 6.45) is 0.369. The molecule has 1 aromatic rings. The molecule has 0 aliphatic carbocycles. The molecule has 7 heteroatoms. The molecule has 18 heavy (non-hydrogen) atoms. The molecule has 3 N–H and O–H groups in total. The third-order valence-corrected chi connectivity index (χ3v) is 3.17. The molecule has 1 fully saturated rings. The molecule has 1 aromatic heterocycles. The molecule has 1 aliphatic rings. The zero-order valence-corrected chi connectivity index (χ0v) is 10.00. The van der Waals surface area contributed by atoms with E-state index in [0.29, 0.717) is 12.0 Å². The summed E-state index contributed by atoms with van der Waals surface area (Å²) in [5.41, 5.74) is -0.605. The number of nitrogens with one attached hydrogen (secondary N) is 1. The van der Waals surface area contributed by atoms with Gasteiger partial charge < -0.3 is 14.9 Å². The Hall–Kier alpha value is -1.44. The lowest BCUT2D eigenvalue weighted by Crippen LogP contribution is -2.38. The van der Waals surface area contributed by atoms with E-state index in [9.17, 15) is 14.7 Å². The first-order valence-electron chi connectivity index (χ1n) is 5.77. The summed E-state index contributed by atoms with van der Waals surface area (Å²) < 4.78 is 6.61. The van der Waals surface area contributed by atoms with E-state index in [1.807, 2.05) is 0 Å². The average molecular weight is 256 g/mol. The minimum Gasteiger partial charge on any atom is -0.396 e. The van der Waals surface area contributed by atoms with E-state index < -0.39 is 29.5 Å². The highest BCUT2D eigenvalue weighted by molar-refractivity contribution is 5.03. The maximum absolute atomic E-state index is 11.7. The van der Waals surface area contributed by atoms with Crippen LogP contribution in [-0.4, -0.2) is 45.2 Å². The van der Waals surface area contributed by atoms with Crippen molar-refractivity contribution in [2.75, 3.05) is 13.2 Å². The number of hydrogen-bond donors (Lipinski definition) is 3. The summed E-state index contributed by atoms with van der Waals surface area (Å²) in [6, 6.07) is -0.537. The number of ether oxygens (including phenoxy) is 1. The average Bonchev–Trinajstić information content (AvgIpc) is 2.67. The van der Waals surface area contributed by atoms with Gasteiger partial charge in [-0.25, -0.2) is 4.79 Å². The smallest absolute Gasteiger partial charge is 0.328 e. The fraction of sp³-hybridized carbons (Fsp3) is 0.636. The zero-order valence-electron chi connectivity index (χ0n) is 10.00. The highest BCUT2D eigenvalue weighted by Crippen LogP contribution is 2.25. The van der Waals surface area contributed by atoms with E-state index in [0.717, 1.165) is 0 Å². The molecular weight excluding hydrogens is 240 g/mol. The third kappa shape index (κ3) is 2.24. The van der Waals surface area contributed by atoms with E-state index in [2.05, 4.69) is 4.98 Å². The molecule has 0 saturated carbocycles. The van der Waals surface area contributed by atoms with Crippen LogP contribution in [-0.2, 0) is 4.74 Å². The molecule has 1 saturated heterocycles. The van der Waals surface area contributed by atoms with Crippen molar-refractivity contribution in [3.05, 3.63) is 32.6 Å². The van der Waals surface area contributed by atoms with Gasteiger partial charge in [0.25, 0.3) is 5.56 Å².